The van der Waals surface area contributed by atoms with Crippen molar-refractivity contribution >= 4 is 22.5 Å². The molecule has 0 aliphatic carbocycles. The molecule has 0 N–H and O–H groups in total. The van der Waals surface area contributed by atoms with Crippen LogP contribution >= 0.6 is 11.6 Å². The zero-order valence-corrected chi connectivity index (χ0v) is 7.63. The summed E-state index contributed by atoms with van der Waals surface area (Å²) < 4.78 is 4.63. The van der Waals surface area contributed by atoms with Gasteiger partial charge in [0.15, 0.2) is 6.39 Å². The standard InChI is InChI=1S/C9H6ClNO2/c1-5-2-6(10)3-7-8(5)11-4-13-9(7)12/h2-4H,1H3. The predicted octanol–water partition coefficient (Wildman–Crippen LogP) is 2.15. The summed E-state index contributed by atoms with van der Waals surface area (Å²) in [6.45, 7) is 1.85. The van der Waals surface area contributed by atoms with Gasteiger partial charge in [-0.15, -0.1) is 0 Å². The third kappa shape index (κ3) is 1.31. The van der Waals surface area contributed by atoms with Crippen LogP contribution in [-0.2, 0) is 0 Å². The Kier molecular flexibility index (Phi) is 1.81. The summed E-state index contributed by atoms with van der Waals surface area (Å²) in [6.07, 6.45) is 1.14. The molecule has 4 heteroatoms. The molecule has 2 rings (SSSR count). The van der Waals surface area contributed by atoms with Gasteiger partial charge in [-0.2, -0.15) is 0 Å². The van der Waals surface area contributed by atoms with Gasteiger partial charge in [-0.05, 0) is 24.6 Å². The van der Waals surface area contributed by atoms with Crippen LogP contribution in [0.2, 0.25) is 5.02 Å². The van der Waals surface area contributed by atoms with Gasteiger partial charge >= 0.3 is 5.63 Å². The van der Waals surface area contributed by atoms with Gasteiger partial charge < -0.3 is 4.42 Å². The van der Waals surface area contributed by atoms with Gasteiger partial charge in [0.1, 0.15) is 0 Å². The molecule has 1 heterocycles. The molecule has 2 aromatic rings. The first-order valence-corrected chi connectivity index (χ1v) is 4.10. The van der Waals surface area contributed by atoms with Crippen molar-refractivity contribution in [2.75, 3.05) is 0 Å². The SMILES string of the molecule is Cc1cc(Cl)cc2c(=O)ocnc12. The van der Waals surface area contributed by atoms with E-state index in [9.17, 15) is 4.79 Å². The van der Waals surface area contributed by atoms with Crippen LogP contribution in [0.15, 0.2) is 27.7 Å². The highest BCUT2D eigenvalue weighted by Gasteiger charge is 2.04. The van der Waals surface area contributed by atoms with Gasteiger partial charge in [-0.25, -0.2) is 9.78 Å². The molecule has 0 fully saturated rings. The van der Waals surface area contributed by atoms with E-state index in [0.717, 1.165) is 12.0 Å². The number of benzene rings is 1. The van der Waals surface area contributed by atoms with Crippen LogP contribution < -0.4 is 5.63 Å². The average molecular weight is 196 g/mol. The Morgan fingerprint density at radius 3 is 3.00 bits per heavy atom. The molecule has 0 bridgehead atoms. The zero-order valence-electron chi connectivity index (χ0n) is 6.87. The number of aryl methyl sites for hydroxylation is 1. The van der Waals surface area contributed by atoms with E-state index in [0.29, 0.717) is 15.9 Å². The number of hydrogen-bond donors (Lipinski definition) is 0. The van der Waals surface area contributed by atoms with Crippen molar-refractivity contribution in [1.29, 1.82) is 0 Å². The molecule has 3 nitrogen and oxygen atoms in total. The fourth-order valence-electron chi connectivity index (χ4n) is 1.25. The van der Waals surface area contributed by atoms with Crippen LogP contribution in [-0.4, -0.2) is 4.98 Å². The van der Waals surface area contributed by atoms with E-state index in [1.807, 2.05) is 6.92 Å². The quantitative estimate of drug-likeness (QED) is 0.647. The minimum atomic E-state index is -0.407. The lowest BCUT2D eigenvalue weighted by molar-refractivity contribution is 0.501. The molecular formula is C9H6ClNO2. The molecule has 1 aromatic heterocycles. The monoisotopic (exact) mass is 195 g/mol. The van der Waals surface area contributed by atoms with E-state index in [1.54, 1.807) is 12.1 Å². The second kappa shape index (κ2) is 2.85. The first-order valence-electron chi connectivity index (χ1n) is 3.72. The number of hydrogen-bond acceptors (Lipinski definition) is 3. The minimum absolute atomic E-state index is 0.407. The van der Waals surface area contributed by atoms with E-state index in [4.69, 9.17) is 11.6 Å². The van der Waals surface area contributed by atoms with Crippen molar-refractivity contribution in [3.63, 3.8) is 0 Å². The number of aromatic nitrogens is 1. The van der Waals surface area contributed by atoms with Gasteiger partial charge in [0.2, 0.25) is 0 Å². The van der Waals surface area contributed by atoms with E-state index < -0.39 is 5.63 Å². The molecule has 0 unspecified atom stereocenters. The molecule has 0 atom stereocenters. The summed E-state index contributed by atoms with van der Waals surface area (Å²) in [5, 5.41) is 0.942. The Morgan fingerprint density at radius 2 is 2.23 bits per heavy atom. The maximum absolute atomic E-state index is 11.2. The summed E-state index contributed by atoms with van der Waals surface area (Å²) in [7, 11) is 0. The largest absolute Gasteiger partial charge is 0.411 e. The van der Waals surface area contributed by atoms with Crippen LogP contribution in [0.1, 0.15) is 5.56 Å². The highest BCUT2D eigenvalue weighted by atomic mass is 35.5. The Bertz CT molecular complexity index is 518. The van der Waals surface area contributed by atoms with E-state index in [-0.39, 0.29) is 0 Å². The van der Waals surface area contributed by atoms with E-state index in [1.165, 1.54) is 0 Å². The predicted molar refractivity (Wildman–Crippen MR) is 50.0 cm³/mol. The lowest BCUT2D eigenvalue weighted by atomic mass is 10.1. The maximum atomic E-state index is 11.2. The summed E-state index contributed by atoms with van der Waals surface area (Å²) in [4.78, 5) is 15.2. The summed E-state index contributed by atoms with van der Waals surface area (Å²) in [5.41, 5.74) is 1.10. The summed E-state index contributed by atoms with van der Waals surface area (Å²) in [5.74, 6) is 0. The first-order chi connectivity index (χ1) is 6.18. The fraction of sp³-hybridized carbons (Fsp3) is 0.111. The summed E-state index contributed by atoms with van der Waals surface area (Å²) >= 11 is 5.79. The molecule has 66 valence electrons. The van der Waals surface area contributed by atoms with Crippen LogP contribution in [0.25, 0.3) is 10.9 Å². The molecule has 0 spiro atoms. The Morgan fingerprint density at radius 1 is 1.46 bits per heavy atom. The molecule has 0 aliphatic rings. The first kappa shape index (κ1) is 8.26. The second-order valence-electron chi connectivity index (χ2n) is 2.76. The molecular weight excluding hydrogens is 190 g/mol. The van der Waals surface area contributed by atoms with Crippen molar-refractivity contribution < 1.29 is 4.42 Å². The van der Waals surface area contributed by atoms with Crippen LogP contribution in [0, 0.1) is 6.92 Å². The van der Waals surface area contributed by atoms with E-state index >= 15 is 0 Å². The maximum Gasteiger partial charge on any atom is 0.346 e. The normalized spacial score (nSPS) is 10.6. The topological polar surface area (TPSA) is 43.1 Å². The van der Waals surface area contributed by atoms with Crippen molar-refractivity contribution in [2.45, 2.75) is 6.92 Å². The molecule has 1 aromatic carbocycles. The number of fused-ring (bicyclic) bond motifs is 1. The highest BCUT2D eigenvalue weighted by Crippen LogP contribution is 2.18. The van der Waals surface area contributed by atoms with Gasteiger partial charge in [-0.3, -0.25) is 0 Å². The van der Waals surface area contributed by atoms with Crippen molar-refractivity contribution in [2.24, 2.45) is 0 Å². The molecule has 0 amide bonds. The van der Waals surface area contributed by atoms with Crippen molar-refractivity contribution in [3.8, 4) is 0 Å². The van der Waals surface area contributed by atoms with Crippen LogP contribution in [0.4, 0.5) is 0 Å². The van der Waals surface area contributed by atoms with Gasteiger partial charge in [0.05, 0.1) is 10.9 Å². The smallest absolute Gasteiger partial charge is 0.346 e. The molecule has 13 heavy (non-hydrogen) atoms. The van der Waals surface area contributed by atoms with Crippen LogP contribution in [0.3, 0.4) is 0 Å². The summed E-state index contributed by atoms with van der Waals surface area (Å²) in [6, 6.07) is 3.32. The van der Waals surface area contributed by atoms with Crippen LogP contribution in [0.5, 0.6) is 0 Å². The van der Waals surface area contributed by atoms with E-state index in [2.05, 4.69) is 9.40 Å². The third-order valence-corrected chi connectivity index (χ3v) is 2.04. The van der Waals surface area contributed by atoms with Crippen molar-refractivity contribution in [3.05, 3.63) is 39.5 Å². The number of halogens is 1. The fourth-order valence-corrected chi connectivity index (χ4v) is 1.53. The molecule has 0 aliphatic heterocycles. The minimum Gasteiger partial charge on any atom is -0.411 e. The Labute approximate surface area is 79.0 Å². The zero-order chi connectivity index (χ0) is 9.42. The second-order valence-corrected chi connectivity index (χ2v) is 3.20. The third-order valence-electron chi connectivity index (χ3n) is 1.83. The molecule has 0 saturated carbocycles. The average Bonchev–Trinajstić information content (AvgIpc) is 2.07. The van der Waals surface area contributed by atoms with Gasteiger partial charge in [-0.1, -0.05) is 11.6 Å². The lowest BCUT2D eigenvalue weighted by Crippen LogP contribution is -2.00. The van der Waals surface area contributed by atoms with Crippen molar-refractivity contribution in [1.82, 2.24) is 4.98 Å². The van der Waals surface area contributed by atoms with Gasteiger partial charge in [0, 0.05) is 5.02 Å². The number of rotatable bonds is 0. The Hall–Kier alpha value is -1.35. The number of nitrogens with zero attached hydrogens (tertiary/aromatic N) is 1. The Balaban J connectivity index is 3.03. The molecule has 0 radical (unpaired) electrons. The highest BCUT2D eigenvalue weighted by molar-refractivity contribution is 6.31. The van der Waals surface area contributed by atoms with Gasteiger partial charge in [0.25, 0.3) is 0 Å². The lowest BCUT2D eigenvalue weighted by Gasteiger charge is -1.98. The molecule has 0 saturated heterocycles.